The molecule has 0 radical (unpaired) electrons. The Kier molecular flexibility index (Phi) is 9.84. The molecule has 0 bridgehead atoms. The van der Waals surface area contributed by atoms with Gasteiger partial charge in [-0.2, -0.15) is 8.78 Å². The highest BCUT2D eigenvalue weighted by molar-refractivity contribution is 5.75. The number of ether oxygens (including phenoxy) is 2. The summed E-state index contributed by atoms with van der Waals surface area (Å²) in [6.07, 6.45) is 19.0. The second-order valence-electron chi connectivity index (χ2n) is 11.6. The average Bonchev–Trinajstić information content (AvgIpc) is 2.91. The molecule has 0 amide bonds. The van der Waals surface area contributed by atoms with Gasteiger partial charge >= 0.3 is 5.97 Å². The van der Waals surface area contributed by atoms with Crippen LogP contribution in [-0.2, 0) is 4.79 Å². The minimum absolute atomic E-state index is 0.0701. The van der Waals surface area contributed by atoms with Gasteiger partial charge < -0.3 is 9.47 Å². The lowest BCUT2D eigenvalue weighted by molar-refractivity contribution is -0.140. The first-order valence-corrected chi connectivity index (χ1v) is 14.4. The quantitative estimate of drug-likeness (QED) is 0.139. The number of unbranched alkanes of at least 4 members (excludes halogenated alkanes) is 2. The fourth-order valence-electron chi connectivity index (χ4n) is 7.27. The Morgan fingerprint density at radius 1 is 0.889 bits per heavy atom. The molecule has 3 saturated carbocycles. The first kappa shape index (κ1) is 27.1. The van der Waals surface area contributed by atoms with E-state index in [1.807, 2.05) is 0 Å². The summed E-state index contributed by atoms with van der Waals surface area (Å²) in [5, 5.41) is 0. The third-order valence-electron chi connectivity index (χ3n) is 9.33. The highest BCUT2D eigenvalue weighted by Crippen LogP contribution is 2.49. The molecule has 1 aromatic rings. The molecular formula is C31H44F2O3. The van der Waals surface area contributed by atoms with Crippen LogP contribution >= 0.6 is 0 Å². The van der Waals surface area contributed by atoms with Crippen molar-refractivity contribution >= 4 is 5.97 Å². The average molecular weight is 503 g/mol. The zero-order valence-electron chi connectivity index (χ0n) is 22.0. The van der Waals surface area contributed by atoms with Crippen molar-refractivity contribution in [2.45, 2.75) is 96.8 Å². The van der Waals surface area contributed by atoms with E-state index in [0.29, 0.717) is 5.92 Å². The molecule has 0 heterocycles. The molecule has 0 spiro atoms. The first-order chi connectivity index (χ1) is 17.5. The molecular weight excluding hydrogens is 458 g/mol. The molecule has 4 atom stereocenters. The van der Waals surface area contributed by atoms with E-state index in [1.165, 1.54) is 82.4 Å². The second-order valence-corrected chi connectivity index (χ2v) is 11.6. The van der Waals surface area contributed by atoms with Crippen LogP contribution in [0.25, 0.3) is 0 Å². The Hall–Kier alpha value is -1.91. The Balaban J connectivity index is 1.22. The van der Waals surface area contributed by atoms with E-state index in [9.17, 15) is 13.6 Å². The number of hydrogen-bond acceptors (Lipinski definition) is 3. The predicted octanol–water partition coefficient (Wildman–Crippen LogP) is 8.65. The summed E-state index contributed by atoms with van der Waals surface area (Å²) < 4.78 is 39.0. The van der Waals surface area contributed by atoms with Gasteiger partial charge in [0.1, 0.15) is 6.61 Å². The van der Waals surface area contributed by atoms with E-state index in [1.54, 1.807) is 0 Å². The molecule has 4 unspecified atom stereocenters. The molecule has 5 heteroatoms. The van der Waals surface area contributed by atoms with Crippen LogP contribution in [0.1, 0.15) is 96.8 Å². The fourth-order valence-corrected chi connectivity index (χ4v) is 7.27. The van der Waals surface area contributed by atoms with Gasteiger partial charge in [-0.15, -0.1) is 0 Å². The van der Waals surface area contributed by atoms with E-state index < -0.39 is 17.6 Å². The Bertz CT molecular complexity index is 877. The van der Waals surface area contributed by atoms with Crippen LogP contribution in [0.15, 0.2) is 24.8 Å². The maximum absolute atomic E-state index is 14.4. The minimum Gasteiger partial charge on any atom is -0.486 e. The van der Waals surface area contributed by atoms with E-state index in [0.717, 1.165) is 49.4 Å². The van der Waals surface area contributed by atoms with Crippen molar-refractivity contribution in [3.8, 4) is 11.5 Å². The number of fused-ring (bicyclic) bond motifs is 1. The van der Waals surface area contributed by atoms with Crippen molar-refractivity contribution in [1.29, 1.82) is 0 Å². The van der Waals surface area contributed by atoms with E-state index >= 15 is 0 Å². The van der Waals surface area contributed by atoms with Gasteiger partial charge in [-0.1, -0.05) is 51.7 Å². The monoisotopic (exact) mass is 502 g/mol. The molecule has 0 saturated heterocycles. The molecule has 0 aromatic heterocycles. The molecule has 1 aromatic carbocycles. The lowest BCUT2D eigenvalue weighted by Gasteiger charge is -2.45. The zero-order valence-corrected chi connectivity index (χ0v) is 22.0. The van der Waals surface area contributed by atoms with Crippen LogP contribution < -0.4 is 9.47 Å². The summed E-state index contributed by atoms with van der Waals surface area (Å²) in [5.41, 5.74) is 0. The van der Waals surface area contributed by atoms with Crippen molar-refractivity contribution in [1.82, 2.24) is 0 Å². The molecule has 3 nitrogen and oxygen atoms in total. The number of carbonyl (C=O) groups is 1. The van der Waals surface area contributed by atoms with Crippen LogP contribution in [0.2, 0.25) is 0 Å². The van der Waals surface area contributed by atoms with Gasteiger partial charge in [0, 0.05) is 0 Å². The Morgan fingerprint density at radius 2 is 1.50 bits per heavy atom. The van der Waals surface area contributed by atoms with Crippen molar-refractivity contribution in [2.24, 2.45) is 35.5 Å². The van der Waals surface area contributed by atoms with Crippen LogP contribution in [-0.4, -0.2) is 12.6 Å². The smallest absolute Gasteiger partial charge is 0.314 e. The first-order valence-electron chi connectivity index (χ1n) is 14.4. The molecule has 36 heavy (non-hydrogen) atoms. The van der Waals surface area contributed by atoms with Crippen LogP contribution in [0.4, 0.5) is 8.78 Å². The summed E-state index contributed by atoms with van der Waals surface area (Å²) in [5.74, 6) is 0.689. The van der Waals surface area contributed by atoms with Gasteiger partial charge in [0.05, 0.1) is 5.92 Å². The molecule has 3 aliphatic rings. The van der Waals surface area contributed by atoms with Crippen LogP contribution in [0.3, 0.4) is 0 Å². The number of rotatable bonds is 10. The van der Waals surface area contributed by atoms with Crippen molar-refractivity contribution in [2.75, 3.05) is 6.61 Å². The van der Waals surface area contributed by atoms with Crippen LogP contribution in [0, 0.1) is 47.1 Å². The van der Waals surface area contributed by atoms with Crippen molar-refractivity contribution < 1.29 is 23.0 Å². The zero-order chi connectivity index (χ0) is 25.5. The molecule has 200 valence electrons. The molecule has 3 aliphatic carbocycles. The normalized spacial score (nSPS) is 30.3. The second kappa shape index (κ2) is 13.1. The van der Waals surface area contributed by atoms with E-state index in [2.05, 4.69) is 13.5 Å². The highest BCUT2D eigenvalue weighted by Gasteiger charge is 2.39. The lowest BCUT2D eigenvalue weighted by Crippen LogP contribution is -2.35. The summed E-state index contributed by atoms with van der Waals surface area (Å²) in [6, 6.07) is 2.55. The standard InChI is InChI=1S/C31H44F2O3/c1-3-5-6-7-21-8-9-26-20-25(15-14-24(26)19-21)22-10-12-23(13-11-22)31(34)36-28-17-16-27(35-18-4-2)29(32)30(28)33/h4,16-17,21-26H,2-3,5-15,18-20H2,1H3. The predicted molar refractivity (Wildman–Crippen MR) is 139 cm³/mol. The Morgan fingerprint density at radius 3 is 2.22 bits per heavy atom. The van der Waals surface area contributed by atoms with Gasteiger partial charge in [-0.05, 0) is 99.5 Å². The van der Waals surface area contributed by atoms with E-state index in [4.69, 9.17) is 9.47 Å². The summed E-state index contributed by atoms with van der Waals surface area (Å²) in [7, 11) is 0. The minimum atomic E-state index is -1.18. The maximum atomic E-state index is 14.4. The van der Waals surface area contributed by atoms with Gasteiger partial charge in [0.15, 0.2) is 11.5 Å². The molecule has 0 aliphatic heterocycles. The largest absolute Gasteiger partial charge is 0.486 e. The topological polar surface area (TPSA) is 35.5 Å². The third-order valence-corrected chi connectivity index (χ3v) is 9.33. The highest BCUT2D eigenvalue weighted by atomic mass is 19.2. The lowest BCUT2D eigenvalue weighted by atomic mass is 9.60. The van der Waals surface area contributed by atoms with Gasteiger partial charge in [0.25, 0.3) is 0 Å². The maximum Gasteiger partial charge on any atom is 0.314 e. The van der Waals surface area contributed by atoms with Gasteiger partial charge in [0.2, 0.25) is 11.6 Å². The SMILES string of the molecule is C=CCOc1ccc(OC(=O)C2CCC(C3CCC4CC(CCCCC)CCC4C3)CC2)c(F)c1F. The summed E-state index contributed by atoms with van der Waals surface area (Å²) in [6.45, 7) is 5.85. The van der Waals surface area contributed by atoms with Gasteiger partial charge in [-0.25, -0.2) is 0 Å². The number of halogens is 2. The molecule has 3 fully saturated rings. The van der Waals surface area contributed by atoms with Crippen molar-refractivity contribution in [3.05, 3.63) is 36.4 Å². The third kappa shape index (κ3) is 6.69. The van der Waals surface area contributed by atoms with Crippen LogP contribution in [0.5, 0.6) is 11.5 Å². The number of carbonyl (C=O) groups excluding carboxylic acids is 1. The van der Waals surface area contributed by atoms with Crippen molar-refractivity contribution in [3.63, 3.8) is 0 Å². The summed E-state index contributed by atoms with van der Waals surface area (Å²) >= 11 is 0. The number of hydrogen-bond donors (Lipinski definition) is 0. The molecule has 0 N–H and O–H groups in total. The number of esters is 1. The molecule has 4 rings (SSSR count). The number of benzene rings is 1. The fraction of sp³-hybridized carbons (Fsp3) is 0.710. The summed E-state index contributed by atoms with van der Waals surface area (Å²) in [4.78, 5) is 12.7. The Labute approximate surface area is 216 Å². The van der Waals surface area contributed by atoms with Gasteiger partial charge in [-0.3, -0.25) is 4.79 Å². The van der Waals surface area contributed by atoms with E-state index in [-0.39, 0.29) is 24.0 Å².